The lowest BCUT2D eigenvalue weighted by Gasteiger charge is -2.10. The quantitative estimate of drug-likeness (QED) is 0.235. The van der Waals surface area contributed by atoms with Gasteiger partial charge in [0.2, 0.25) is 0 Å². The summed E-state index contributed by atoms with van der Waals surface area (Å²) in [5.74, 6) is 0. The highest BCUT2D eigenvalue weighted by Gasteiger charge is 2.30. The van der Waals surface area contributed by atoms with Gasteiger partial charge in [-0.05, 0) is 64.5 Å². The van der Waals surface area contributed by atoms with E-state index in [9.17, 15) is 13.2 Å². The van der Waals surface area contributed by atoms with Gasteiger partial charge in [0.15, 0.2) is 0 Å². The third-order valence-corrected chi connectivity index (χ3v) is 4.09. The van der Waals surface area contributed by atoms with Crippen molar-refractivity contribution in [2.75, 3.05) is 0 Å². The number of aromatic nitrogens is 1. The van der Waals surface area contributed by atoms with Crippen molar-refractivity contribution >= 4 is 12.5 Å². The molecule has 0 aliphatic heterocycles. The van der Waals surface area contributed by atoms with E-state index in [1.807, 2.05) is 105 Å². The Morgan fingerprint density at radius 3 is 1.84 bits per heavy atom. The average molecular weight is 536 g/mol. The van der Waals surface area contributed by atoms with E-state index in [0.29, 0.717) is 12.1 Å². The van der Waals surface area contributed by atoms with E-state index in [1.54, 1.807) is 18.2 Å². The van der Waals surface area contributed by atoms with Crippen LogP contribution in [0.25, 0.3) is 17.2 Å². The summed E-state index contributed by atoms with van der Waals surface area (Å²) in [6.07, 6.45) is 10.9. The standard InChI is InChI=1S/C19H20F3N.C5H8.C3H6.2C2H6.CH2O2/c1-4-6-11-23-14(3)18(13-17(23)8-5-2)15-9-7-10-16(12-15)19(20,21)22;1-3-5-4-2;1-3-2;2*1-2;2-1-3/h4-10,12-13H,11H2,1-3H3;3-5H,1H2,2H3;3H,1H2,2H3;2*1-2H3;1H,(H,2,3)/b6-4+,8-5+;5-4-;;;;. The van der Waals surface area contributed by atoms with Crippen LogP contribution in [0.1, 0.15) is 72.3 Å². The minimum Gasteiger partial charge on any atom is -0.483 e. The SMILES string of the molecule is C/C=C/Cn1c(/C=C/C)cc(-c2cccc(C(F)(F)F)c2)c1C.C=C/C=C\C.C=CC.CC.CC.O=CO. The van der Waals surface area contributed by atoms with Crippen molar-refractivity contribution in [1.29, 1.82) is 0 Å². The molecule has 2 rings (SSSR count). The molecule has 1 aromatic carbocycles. The van der Waals surface area contributed by atoms with Crippen LogP contribution >= 0.6 is 0 Å². The highest BCUT2D eigenvalue weighted by molar-refractivity contribution is 5.71. The van der Waals surface area contributed by atoms with E-state index in [1.165, 1.54) is 12.1 Å². The Morgan fingerprint density at radius 1 is 0.947 bits per heavy atom. The zero-order valence-electron chi connectivity index (χ0n) is 24.6. The van der Waals surface area contributed by atoms with E-state index in [0.717, 1.165) is 23.0 Å². The van der Waals surface area contributed by atoms with Crippen molar-refractivity contribution < 1.29 is 23.1 Å². The van der Waals surface area contributed by atoms with Crippen LogP contribution in [0, 0.1) is 6.92 Å². The molecule has 1 heterocycles. The molecular weight excluding hydrogens is 487 g/mol. The lowest BCUT2D eigenvalue weighted by Crippen LogP contribution is -2.04. The molecule has 1 aromatic heterocycles. The highest BCUT2D eigenvalue weighted by atomic mass is 19.4. The zero-order valence-corrected chi connectivity index (χ0v) is 24.6. The Hall–Kier alpha value is -3.54. The number of carbonyl (C=O) groups is 1. The van der Waals surface area contributed by atoms with E-state index < -0.39 is 11.7 Å². The monoisotopic (exact) mass is 535 g/mol. The first-order valence-corrected chi connectivity index (χ1v) is 12.6. The van der Waals surface area contributed by atoms with Crippen molar-refractivity contribution in [3.05, 3.63) is 103 Å². The molecule has 3 nitrogen and oxygen atoms in total. The maximum atomic E-state index is 12.9. The predicted octanol–water partition coefficient (Wildman–Crippen LogP) is 10.8. The number of benzene rings is 1. The maximum absolute atomic E-state index is 12.9. The Bertz CT molecular complexity index is 944. The van der Waals surface area contributed by atoms with Crippen LogP contribution in [0.15, 0.2) is 86.0 Å². The van der Waals surface area contributed by atoms with Gasteiger partial charge < -0.3 is 9.67 Å². The van der Waals surface area contributed by atoms with Gasteiger partial charge in [0, 0.05) is 23.5 Å². The lowest BCUT2D eigenvalue weighted by molar-refractivity contribution is -0.137. The summed E-state index contributed by atoms with van der Waals surface area (Å²) >= 11 is 0. The number of carboxylic acid groups (broad SMARTS) is 1. The fourth-order valence-electron chi connectivity index (χ4n) is 2.72. The molecule has 0 saturated heterocycles. The second kappa shape index (κ2) is 28.0. The molecule has 0 aliphatic rings. The smallest absolute Gasteiger partial charge is 0.416 e. The first-order chi connectivity index (χ1) is 18.1. The number of allylic oxidation sites excluding steroid dienone is 7. The molecule has 0 saturated carbocycles. The molecule has 1 N–H and O–H groups in total. The molecule has 0 amide bonds. The number of hydrogen-bond donors (Lipinski definition) is 1. The lowest BCUT2D eigenvalue weighted by atomic mass is 10.0. The molecule has 0 spiro atoms. The Morgan fingerprint density at radius 2 is 1.47 bits per heavy atom. The van der Waals surface area contributed by atoms with Crippen LogP contribution in [0.3, 0.4) is 0 Å². The Labute approximate surface area is 229 Å². The predicted molar refractivity (Wildman–Crippen MR) is 161 cm³/mol. The van der Waals surface area contributed by atoms with Gasteiger partial charge in [-0.15, -0.1) is 6.58 Å². The molecule has 0 aliphatic carbocycles. The van der Waals surface area contributed by atoms with E-state index >= 15 is 0 Å². The summed E-state index contributed by atoms with van der Waals surface area (Å²) in [5.41, 5.74) is 2.73. The van der Waals surface area contributed by atoms with Crippen molar-refractivity contribution in [2.45, 2.75) is 75.0 Å². The topological polar surface area (TPSA) is 42.2 Å². The van der Waals surface area contributed by atoms with Crippen molar-refractivity contribution in [2.24, 2.45) is 0 Å². The fourth-order valence-corrected chi connectivity index (χ4v) is 2.72. The summed E-state index contributed by atoms with van der Waals surface area (Å²) in [5, 5.41) is 6.89. The van der Waals surface area contributed by atoms with Crippen molar-refractivity contribution in [1.82, 2.24) is 4.57 Å². The van der Waals surface area contributed by atoms with Crippen LogP contribution in [0.2, 0.25) is 0 Å². The Balaban J connectivity index is -0.000000321. The van der Waals surface area contributed by atoms with Crippen molar-refractivity contribution in [3.63, 3.8) is 0 Å². The first-order valence-electron chi connectivity index (χ1n) is 12.6. The van der Waals surface area contributed by atoms with Gasteiger partial charge >= 0.3 is 6.18 Å². The Kier molecular flexibility index (Phi) is 30.7. The maximum Gasteiger partial charge on any atom is 0.416 e. The van der Waals surface area contributed by atoms with Gasteiger partial charge in [0.25, 0.3) is 6.47 Å². The van der Waals surface area contributed by atoms with Crippen molar-refractivity contribution in [3.8, 4) is 11.1 Å². The first kappa shape index (κ1) is 41.6. The number of halogens is 3. The summed E-state index contributed by atoms with van der Waals surface area (Å²) < 4.78 is 40.9. The van der Waals surface area contributed by atoms with E-state index in [4.69, 9.17) is 9.90 Å². The highest BCUT2D eigenvalue weighted by Crippen LogP contribution is 2.34. The summed E-state index contributed by atoms with van der Waals surface area (Å²) in [6.45, 7) is 24.9. The molecule has 0 atom stereocenters. The molecule has 0 fully saturated rings. The van der Waals surface area contributed by atoms with E-state index in [2.05, 4.69) is 17.7 Å². The third-order valence-electron chi connectivity index (χ3n) is 4.09. The van der Waals surface area contributed by atoms with Gasteiger partial charge in [-0.25, -0.2) is 0 Å². The number of hydrogen-bond acceptors (Lipinski definition) is 1. The van der Waals surface area contributed by atoms with Gasteiger partial charge in [-0.2, -0.15) is 13.2 Å². The largest absolute Gasteiger partial charge is 0.483 e. The average Bonchev–Trinajstić information content (AvgIpc) is 3.21. The molecule has 0 radical (unpaired) electrons. The van der Waals surface area contributed by atoms with Crippen LogP contribution in [-0.4, -0.2) is 16.1 Å². The number of alkyl halides is 3. The summed E-state index contributed by atoms with van der Waals surface area (Å²) in [7, 11) is 0. The van der Waals surface area contributed by atoms with Crippen LogP contribution in [-0.2, 0) is 17.5 Å². The molecule has 2 aromatic rings. The fraction of sp³-hybridized carbons (Fsp3) is 0.344. The van der Waals surface area contributed by atoms with Crippen LogP contribution < -0.4 is 0 Å². The van der Waals surface area contributed by atoms with E-state index in [-0.39, 0.29) is 6.47 Å². The van der Waals surface area contributed by atoms with Crippen LogP contribution in [0.5, 0.6) is 0 Å². The minimum atomic E-state index is -4.33. The second-order valence-corrected chi connectivity index (χ2v) is 6.60. The molecule has 38 heavy (non-hydrogen) atoms. The molecule has 0 bridgehead atoms. The number of rotatable bonds is 5. The molecular formula is C32H48F3NO2. The molecule has 6 heteroatoms. The second-order valence-electron chi connectivity index (χ2n) is 6.60. The molecule has 0 unspecified atom stereocenters. The van der Waals surface area contributed by atoms with Gasteiger partial charge in [-0.1, -0.05) is 88.9 Å². The summed E-state index contributed by atoms with van der Waals surface area (Å²) in [4.78, 5) is 8.36. The van der Waals surface area contributed by atoms with Crippen LogP contribution in [0.4, 0.5) is 13.2 Å². The number of nitrogens with zero attached hydrogens (tertiary/aromatic N) is 1. The van der Waals surface area contributed by atoms with Gasteiger partial charge in [-0.3, -0.25) is 4.79 Å². The summed E-state index contributed by atoms with van der Waals surface area (Å²) in [6, 6.07) is 7.42. The normalized spacial score (nSPS) is 9.79. The van der Waals surface area contributed by atoms with Gasteiger partial charge in [0.05, 0.1) is 5.56 Å². The zero-order chi connectivity index (χ0) is 30.6. The third kappa shape index (κ3) is 18.7. The van der Waals surface area contributed by atoms with Gasteiger partial charge in [0.1, 0.15) is 0 Å². The minimum absolute atomic E-state index is 0.250. The molecule has 214 valence electrons.